The Hall–Kier alpha value is -3.27. The van der Waals surface area contributed by atoms with E-state index in [4.69, 9.17) is 16.3 Å². The van der Waals surface area contributed by atoms with E-state index in [-0.39, 0.29) is 26.9 Å². The molecule has 1 fully saturated rings. The number of amides is 4. The molecule has 1 saturated heterocycles. The quantitative estimate of drug-likeness (QED) is 0.734. The highest BCUT2D eigenvalue weighted by molar-refractivity contribution is 6.31. The van der Waals surface area contributed by atoms with Crippen molar-refractivity contribution >= 4 is 35.1 Å². The summed E-state index contributed by atoms with van der Waals surface area (Å²) in [5.74, 6) is -2.74. The molecule has 1 atom stereocenters. The van der Waals surface area contributed by atoms with Crippen LogP contribution in [0, 0.1) is 0 Å². The van der Waals surface area contributed by atoms with E-state index in [9.17, 15) is 27.6 Å². The normalized spacial score (nSPS) is 19.1. The van der Waals surface area contributed by atoms with Gasteiger partial charge in [-0.1, -0.05) is 23.7 Å². The minimum atomic E-state index is -5.33. The molecule has 0 bridgehead atoms. The van der Waals surface area contributed by atoms with E-state index in [1.165, 1.54) is 49.6 Å². The van der Waals surface area contributed by atoms with E-state index in [1.807, 2.05) is 0 Å². The van der Waals surface area contributed by atoms with Crippen LogP contribution < -0.4 is 20.3 Å². The van der Waals surface area contributed by atoms with E-state index >= 15 is 0 Å². The van der Waals surface area contributed by atoms with Gasteiger partial charge >= 0.3 is 12.2 Å². The van der Waals surface area contributed by atoms with Crippen LogP contribution in [0.3, 0.4) is 0 Å². The van der Waals surface area contributed by atoms with E-state index in [1.54, 1.807) is 10.6 Å². The van der Waals surface area contributed by atoms with Gasteiger partial charge in [0.1, 0.15) is 5.75 Å². The van der Waals surface area contributed by atoms with Crippen molar-refractivity contribution in [3.05, 3.63) is 59.1 Å². The fourth-order valence-electron chi connectivity index (χ4n) is 2.73. The van der Waals surface area contributed by atoms with Gasteiger partial charge < -0.3 is 10.1 Å². The summed E-state index contributed by atoms with van der Waals surface area (Å²) in [5, 5.41) is 3.28. The molecule has 0 spiro atoms. The molecular formula is C18H13ClF3N3O4. The molecule has 2 aromatic carbocycles. The summed E-state index contributed by atoms with van der Waals surface area (Å²) in [6.07, 6.45) is -5.33. The van der Waals surface area contributed by atoms with Crippen molar-refractivity contribution in [2.75, 3.05) is 12.0 Å². The molecule has 152 valence electrons. The molecule has 2 N–H and O–H groups in total. The number of rotatable bonds is 4. The molecule has 0 unspecified atom stereocenters. The summed E-state index contributed by atoms with van der Waals surface area (Å²) in [5.41, 5.74) is -4.02. The first-order valence-electron chi connectivity index (χ1n) is 8.04. The zero-order valence-electron chi connectivity index (χ0n) is 14.7. The SMILES string of the molecule is COc1cccc(N2C(=O)N[C@](NC(=O)c3cccc(Cl)c3)(C(F)(F)F)C2=O)c1. The van der Waals surface area contributed by atoms with Gasteiger partial charge in [0.2, 0.25) is 0 Å². The number of ether oxygens (including phenoxy) is 1. The molecule has 11 heteroatoms. The molecular weight excluding hydrogens is 415 g/mol. The second-order valence-corrected chi connectivity index (χ2v) is 6.42. The third-order valence-corrected chi connectivity index (χ3v) is 4.38. The Morgan fingerprint density at radius 2 is 1.86 bits per heavy atom. The summed E-state index contributed by atoms with van der Waals surface area (Å²) in [6.45, 7) is 0. The first-order chi connectivity index (χ1) is 13.6. The lowest BCUT2D eigenvalue weighted by Gasteiger charge is -2.29. The molecule has 1 aliphatic heterocycles. The first-order valence-corrected chi connectivity index (χ1v) is 8.42. The van der Waals surface area contributed by atoms with Crippen LogP contribution in [0.25, 0.3) is 0 Å². The average molecular weight is 428 g/mol. The van der Waals surface area contributed by atoms with Crippen LogP contribution in [-0.2, 0) is 4.79 Å². The maximum atomic E-state index is 13.9. The smallest absolute Gasteiger partial charge is 0.440 e. The fraction of sp³-hybridized carbons (Fsp3) is 0.167. The number of halogens is 4. The number of hydrogen-bond acceptors (Lipinski definition) is 4. The van der Waals surface area contributed by atoms with Gasteiger partial charge in [-0.05, 0) is 30.3 Å². The van der Waals surface area contributed by atoms with Crippen LogP contribution in [0.1, 0.15) is 10.4 Å². The maximum absolute atomic E-state index is 13.9. The van der Waals surface area contributed by atoms with Crippen molar-refractivity contribution in [2.24, 2.45) is 0 Å². The lowest BCUT2D eigenvalue weighted by atomic mass is 10.1. The van der Waals surface area contributed by atoms with Crippen molar-refractivity contribution in [3.8, 4) is 5.75 Å². The monoisotopic (exact) mass is 427 g/mol. The van der Waals surface area contributed by atoms with Crippen molar-refractivity contribution in [1.29, 1.82) is 0 Å². The highest BCUT2D eigenvalue weighted by Crippen LogP contribution is 2.36. The summed E-state index contributed by atoms with van der Waals surface area (Å²) >= 11 is 5.75. The van der Waals surface area contributed by atoms with Crippen LogP contribution in [0.2, 0.25) is 5.02 Å². The van der Waals surface area contributed by atoms with E-state index in [0.29, 0.717) is 0 Å². The third kappa shape index (κ3) is 3.58. The topological polar surface area (TPSA) is 87.7 Å². The van der Waals surface area contributed by atoms with Crippen LogP contribution >= 0.6 is 11.6 Å². The van der Waals surface area contributed by atoms with E-state index in [2.05, 4.69) is 0 Å². The third-order valence-electron chi connectivity index (χ3n) is 4.15. The van der Waals surface area contributed by atoms with Crippen molar-refractivity contribution in [2.45, 2.75) is 11.8 Å². The van der Waals surface area contributed by atoms with Gasteiger partial charge in [0.05, 0.1) is 12.8 Å². The van der Waals surface area contributed by atoms with Gasteiger partial charge in [0.25, 0.3) is 17.5 Å². The summed E-state index contributed by atoms with van der Waals surface area (Å²) in [6, 6.07) is 9.11. The first kappa shape index (κ1) is 20.5. The summed E-state index contributed by atoms with van der Waals surface area (Å²) in [4.78, 5) is 37.7. The number of carbonyl (C=O) groups excluding carboxylic acids is 3. The number of benzene rings is 2. The van der Waals surface area contributed by atoms with E-state index < -0.39 is 29.7 Å². The summed E-state index contributed by atoms with van der Waals surface area (Å²) in [7, 11) is 1.32. The Kier molecular flexibility index (Phi) is 5.14. The second kappa shape index (κ2) is 7.28. The van der Waals surface area contributed by atoms with Crippen molar-refractivity contribution in [1.82, 2.24) is 10.6 Å². The zero-order valence-corrected chi connectivity index (χ0v) is 15.5. The Labute approximate surface area is 167 Å². The Bertz CT molecular complexity index is 998. The number of nitrogens with one attached hydrogen (secondary N) is 2. The van der Waals surface area contributed by atoms with Crippen molar-refractivity contribution < 1.29 is 32.3 Å². The molecule has 4 amide bonds. The number of urea groups is 1. The molecule has 0 saturated carbocycles. The van der Waals surface area contributed by atoms with Crippen LogP contribution in [0.15, 0.2) is 48.5 Å². The molecule has 29 heavy (non-hydrogen) atoms. The molecule has 2 aromatic rings. The Morgan fingerprint density at radius 1 is 1.17 bits per heavy atom. The molecule has 3 rings (SSSR count). The lowest BCUT2D eigenvalue weighted by molar-refractivity contribution is -0.197. The second-order valence-electron chi connectivity index (χ2n) is 5.98. The zero-order chi connectivity index (χ0) is 21.4. The molecule has 0 radical (unpaired) electrons. The minimum Gasteiger partial charge on any atom is -0.497 e. The largest absolute Gasteiger partial charge is 0.497 e. The van der Waals surface area contributed by atoms with Crippen LogP contribution in [0.5, 0.6) is 5.75 Å². The van der Waals surface area contributed by atoms with E-state index in [0.717, 1.165) is 6.07 Å². The summed E-state index contributed by atoms with van der Waals surface area (Å²) < 4.78 is 46.7. The number of carbonyl (C=O) groups is 3. The highest BCUT2D eigenvalue weighted by atomic mass is 35.5. The predicted octanol–water partition coefficient (Wildman–Crippen LogP) is 3.09. The van der Waals surface area contributed by atoms with Gasteiger partial charge in [-0.25, -0.2) is 9.69 Å². The molecule has 7 nitrogen and oxygen atoms in total. The molecule has 1 heterocycles. The fourth-order valence-corrected chi connectivity index (χ4v) is 2.92. The van der Waals surface area contributed by atoms with Gasteiger partial charge in [0, 0.05) is 16.7 Å². The molecule has 1 aliphatic rings. The number of hydrogen-bond donors (Lipinski definition) is 2. The maximum Gasteiger partial charge on any atom is 0.440 e. The number of anilines is 1. The lowest BCUT2D eigenvalue weighted by Crippen LogP contribution is -2.69. The minimum absolute atomic E-state index is 0.110. The van der Waals surface area contributed by atoms with Crippen LogP contribution in [0.4, 0.5) is 23.7 Å². The van der Waals surface area contributed by atoms with Gasteiger partial charge in [0.15, 0.2) is 0 Å². The standard InChI is InChI=1S/C18H13ClF3N3O4/c1-29-13-7-3-6-12(9-13)25-15(27)17(18(20,21)22,24-16(25)28)23-14(26)10-4-2-5-11(19)8-10/h2-9H,1H3,(H,23,26)(H,24,28)/t17-/m0/s1. The number of alkyl halides is 3. The molecule has 0 aliphatic carbocycles. The predicted molar refractivity (Wildman–Crippen MR) is 96.7 cm³/mol. The Morgan fingerprint density at radius 3 is 2.48 bits per heavy atom. The van der Waals surface area contributed by atoms with Gasteiger partial charge in [-0.15, -0.1) is 0 Å². The average Bonchev–Trinajstić information content (AvgIpc) is 2.92. The van der Waals surface area contributed by atoms with Gasteiger partial charge in [-0.3, -0.25) is 14.9 Å². The molecule has 0 aromatic heterocycles. The number of imide groups is 1. The van der Waals surface area contributed by atoms with Crippen LogP contribution in [-0.4, -0.2) is 36.8 Å². The number of nitrogens with zero attached hydrogens (tertiary/aromatic N) is 1. The van der Waals surface area contributed by atoms with Gasteiger partial charge in [-0.2, -0.15) is 13.2 Å². The highest BCUT2D eigenvalue weighted by Gasteiger charge is 2.69. The number of methoxy groups -OCH3 is 1. The van der Waals surface area contributed by atoms with Crippen molar-refractivity contribution in [3.63, 3.8) is 0 Å². The Balaban J connectivity index is 2.01.